The van der Waals surface area contributed by atoms with E-state index in [0.717, 1.165) is 18.4 Å². The molecule has 0 saturated carbocycles. The van der Waals surface area contributed by atoms with Gasteiger partial charge in [0.2, 0.25) is 0 Å². The Kier molecular flexibility index (Phi) is 5.34. The van der Waals surface area contributed by atoms with Gasteiger partial charge in [-0.25, -0.2) is 4.39 Å². The van der Waals surface area contributed by atoms with Crippen LogP contribution < -0.4 is 5.32 Å². The van der Waals surface area contributed by atoms with Crippen LogP contribution in [0.5, 0.6) is 5.75 Å². The van der Waals surface area contributed by atoms with Crippen LogP contribution in [0.25, 0.3) is 0 Å². The molecule has 0 aromatic heterocycles. The molecule has 0 bridgehead atoms. The number of hydrogen-bond acceptors (Lipinski definition) is 2. The van der Waals surface area contributed by atoms with Crippen LogP contribution in [0.3, 0.4) is 0 Å². The zero-order valence-corrected chi connectivity index (χ0v) is 12.5. The van der Waals surface area contributed by atoms with E-state index in [1.807, 2.05) is 24.3 Å². The summed E-state index contributed by atoms with van der Waals surface area (Å²) in [5, 5.41) is 12.8. The highest BCUT2D eigenvalue weighted by Gasteiger charge is 2.09. The van der Waals surface area contributed by atoms with Crippen LogP contribution in [0.4, 0.5) is 4.39 Å². The Hall–Kier alpha value is -1.87. The van der Waals surface area contributed by atoms with E-state index in [9.17, 15) is 9.50 Å². The van der Waals surface area contributed by atoms with Gasteiger partial charge in [0.1, 0.15) is 11.6 Å². The van der Waals surface area contributed by atoms with Crippen molar-refractivity contribution in [2.24, 2.45) is 0 Å². The third-order valence-electron chi connectivity index (χ3n) is 3.71. The lowest BCUT2D eigenvalue weighted by molar-refractivity contribution is 0.455. The highest BCUT2D eigenvalue weighted by Crippen LogP contribution is 2.16. The topological polar surface area (TPSA) is 32.3 Å². The summed E-state index contributed by atoms with van der Waals surface area (Å²) >= 11 is 0. The molecule has 0 heterocycles. The van der Waals surface area contributed by atoms with Crippen molar-refractivity contribution in [2.75, 3.05) is 0 Å². The molecule has 3 heteroatoms. The molecule has 2 rings (SSSR count). The SMILES string of the molecule is CC(CCc1ccc(O)cc1)NC(C)c1ccc(F)cc1. The smallest absolute Gasteiger partial charge is 0.123 e. The zero-order valence-electron chi connectivity index (χ0n) is 12.5. The molecule has 21 heavy (non-hydrogen) atoms. The van der Waals surface area contributed by atoms with Gasteiger partial charge < -0.3 is 10.4 Å². The van der Waals surface area contributed by atoms with E-state index < -0.39 is 0 Å². The molecule has 0 aliphatic heterocycles. The highest BCUT2D eigenvalue weighted by atomic mass is 19.1. The third kappa shape index (κ3) is 4.87. The van der Waals surface area contributed by atoms with Crippen molar-refractivity contribution in [3.05, 3.63) is 65.5 Å². The van der Waals surface area contributed by atoms with Crippen LogP contribution in [-0.4, -0.2) is 11.1 Å². The number of phenols is 1. The molecule has 0 radical (unpaired) electrons. The van der Waals surface area contributed by atoms with Gasteiger partial charge in [-0.05, 0) is 62.1 Å². The predicted molar refractivity (Wildman–Crippen MR) is 83.8 cm³/mol. The fourth-order valence-corrected chi connectivity index (χ4v) is 2.40. The van der Waals surface area contributed by atoms with Gasteiger partial charge >= 0.3 is 0 Å². The molecule has 0 saturated heterocycles. The van der Waals surface area contributed by atoms with E-state index in [2.05, 4.69) is 19.2 Å². The van der Waals surface area contributed by atoms with Crippen molar-refractivity contribution in [2.45, 2.75) is 38.8 Å². The van der Waals surface area contributed by atoms with E-state index in [0.29, 0.717) is 11.8 Å². The number of aryl methyl sites for hydroxylation is 1. The Morgan fingerprint density at radius 1 is 1.00 bits per heavy atom. The van der Waals surface area contributed by atoms with Gasteiger partial charge in [-0.2, -0.15) is 0 Å². The fourth-order valence-electron chi connectivity index (χ4n) is 2.40. The van der Waals surface area contributed by atoms with Gasteiger partial charge in [0.15, 0.2) is 0 Å². The van der Waals surface area contributed by atoms with Crippen LogP contribution in [0, 0.1) is 5.82 Å². The minimum Gasteiger partial charge on any atom is -0.508 e. The summed E-state index contributed by atoms with van der Waals surface area (Å²) in [7, 11) is 0. The number of benzene rings is 2. The molecule has 2 N–H and O–H groups in total. The second kappa shape index (κ2) is 7.23. The predicted octanol–water partition coefficient (Wildman–Crippen LogP) is 4.20. The number of hydrogen-bond donors (Lipinski definition) is 2. The Labute approximate surface area is 125 Å². The third-order valence-corrected chi connectivity index (χ3v) is 3.71. The Balaban J connectivity index is 1.82. The quantitative estimate of drug-likeness (QED) is 0.834. The monoisotopic (exact) mass is 287 g/mol. The maximum absolute atomic E-state index is 12.9. The second-order valence-electron chi connectivity index (χ2n) is 5.55. The normalized spacial score (nSPS) is 13.9. The summed E-state index contributed by atoms with van der Waals surface area (Å²) in [5.74, 6) is 0.0983. The summed E-state index contributed by atoms with van der Waals surface area (Å²) in [4.78, 5) is 0. The Bertz CT molecular complexity index is 550. The molecule has 2 nitrogen and oxygen atoms in total. The highest BCUT2D eigenvalue weighted by molar-refractivity contribution is 5.26. The minimum atomic E-state index is -0.202. The standard InChI is InChI=1S/C18H22FNO/c1-13(3-4-15-5-11-18(21)12-6-15)20-14(2)16-7-9-17(19)10-8-16/h5-14,20-21H,3-4H2,1-2H3. The summed E-state index contributed by atoms with van der Waals surface area (Å²) in [5.41, 5.74) is 2.31. The lowest BCUT2D eigenvalue weighted by atomic mass is 10.0. The van der Waals surface area contributed by atoms with Crippen molar-refractivity contribution < 1.29 is 9.50 Å². The Morgan fingerprint density at radius 3 is 2.24 bits per heavy atom. The first-order valence-electron chi connectivity index (χ1n) is 7.34. The summed E-state index contributed by atoms with van der Waals surface area (Å²) in [6.45, 7) is 4.24. The maximum atomic E-state index is 12.9. The molecule has 2 aromatic rings. The number of phenolic OH excluding ortho intramolecular Hbond substituents is 1. The number of aromatic hydroxyl groups is 1. The first-order valence-corrected chi connectivity index (χ1v) is 7.34. The largest absolute Gasteiger partial charge is 0.508 e. The average molecular weight is 287 g/mol. The number of halogens is 1. The van der Waals surface area contributed by atoms with Crippen LogP contribution in [0.1, 0.15) is 37.4 Å². The first-order chi connectivity index (χ1) is 10.0. The average Bonchev–Trinajstić information content (AvgIpc) is 2.47. The summed E-state index contributed by atoms with van der Waals surface area (Å²) in [6.07, 6.45) is 1.97. The van der Waals surface area contributed by atoms with E-state index >= 15 is 0 Å². The number of rotatable bonds is 6. The molecule has 2 unspecified atom stereocenters. The van der Waals surface area contributed by atoms with Crippen molar-refractivity contribution in [1.82, 2.24) is 5.32 Å². The number of nitrogens with one attached hydrogen (secondary N) is 1. The van der Waals surface area contributed by atoms with Crippen molar-refractivity contribution in [3.63, 3.8) is 0 Å². The van der Waals surface area contributed by atoms with Crippen molar-refractivity contribution in [1.29, 1.82) is 0 Å². The maximum Gasteiger partial charge on any atom is 0.123 e. The van der Waals surface area contributed by atoms with Gasteiger partial charge in [0.25, 0.3) is 0 Å². The van der Waals surface area contributed by atoms with Crippen LogP contribution >= 0.6 is 0 Å². The zero-order chi connectivity index (χ0) is 15.2. The van der Waals surface area contributed by atoms with Crippen LogP contribution in [0.2, 0.25) is 0 Å². The molecule has 112 valence electrons. The summed E-state index contributed by atoms with van der Waals surface area (Å²) in [6, 6.07) is 14.5. The minimum absolute atomic E-state index is 0.195. The lowest BCUT2D eigenvalue weighted by Crippen LogP contribution is -2.29. The van der Waals surface area contributed by atoms with Gasteiger partial charge in [-0.3, -0.25) is 0 Å². The van der Waals surface area contributed by atoms with E-state index in [-0.39, 0.29) is 11.9 Å². The molecule has 2 aromatic carbocycles. The first kappa shape index (κ1) is 15.5. The lowest BCUT2D eigenvalue weighted by Gasteiger charge is -2.20. The molecule has 0 spiro atoms. The molecule has 0 fully saturated rings. The van der Waals surface area contributed by atoms with Gasteiger partial charge in [-0.1, -0.05) is 24.3 Å². The molecule has 0 aliphatic carbocycles. The van der Waals surface area contributed by atoms with E-state index in [1.54, 1.807) is 12.1 Å². The van der Waals surface area contributed by atoms with E-state index in [4.69, 9.17) is 0 Å². The second-order valence-corrected chi connectivity index (χ2v) is 5.55. The molecule has 0 aliphatic rings. The summed E-state index contributed by atoms with van der Waals surface area (Å²) < 4.78 is 12.9. The van der Waals surface area contributed by atoms with E-state index in [1.165, 1.54) is 17.7 Å². The van der Waals surface area contributed by atoms with Crippen LogP contribution in [-0.2, 0) is 6.42 Å². The van der Waals surface area contributed by atoms with Crippen LogP contribution in [0.15, 0.2) is 48.5 Å². The van der Waals surface area contributed by atoms with Gasteiger partial charge in [0, 0.05) is 12.1 Å². The Morgan fingerprint density at radius 2 is 1.62 bits per heavy atom. The van der Waals surface area contributed by atoms with Crippen molar-refractivity contribution >= 4 is 0 Å². The molecule has 2 atom stereocenters. The van der Waals surface area contributed by atoms with Crippen molar-refractivity contribution in [3.8, 4) is 5.75 Å². The molecular weight excluding hydrogens is 265 g/mol. The van der Waals surface area contributed by atoms with Gasteiger partial charge in [-0.15, -0.1) is 0 Å². The molecular formula is C18H22FNO. The molecule has 0 amide bonds. The van der Waals surface area contributed by atoms with Gasteiger partial charge in [0.05, 0.1) is 0 Å². The fraction of sp³-hybridized carbons (Fsp3) is 0.333.